The molecule has 0 spiro atoms. The molecule has 0 atom stereocenters. The summed E-state index contributed by atoms with van der Waals surface area (Å²) in [5, 5.41) is 15.4. The summed E-state index contributed by atoms with van der Waals surface area (Å²) in [5.41, 5.74) is 2.80. The fraction of sp³-hybridized carbons (Fsp3) is 0.222. The zero-order valence-electron chi connectivity index (χ0n) is 13.7. The van der Waals surface area contributed by atoms with Crippen LogP contribution in [0.15, 0.2) is 53.5 Å². The molecule has 0 aromatic heterocycles. The highest BCUT2D eigenvalue weighted by Gasteiger charge is 2.01. The maximum atomic E-state index is 8.92. The monoisotopic (exact) mass is 436 g/mol. The van der Waals surface area contributed by atoms with E-state index in [1.807, 2.05) is 42.5 Å². The van der Waals surface area contributed by atoms with E-state index in [1.54, 1.807) is 20.2 Å². The van der Waals surface area contributed by atoms with Gasteiger partial charge in [0.25, 0.3) is 0 Å². The molecule has 0 heterocycles. The Balaban J connectivity index is 0.00000288. The van der Waals surface area contributed by atoms with Crippen LogP contribution in [0.5, 0.6) is 5.75 Å². The Labute approximate surface area is 159 Å². The predicted molar refractivity (Wildman–Crippen MR) is 107 cm³/mol. The summed E-state index contributed by atoms with van der Waals surface area (Å²) in [6.07, 6.45) is 0. The standard InChI is InChI=1S/C18H20N4O.HI/c1-20-18(21-12-15-6-3-5-14(9-15)11-19)22-13-16-7-4-8-17(10-16)23-2;/h3-10H,12-13H2,1-2H3,(H2,20,21,22);1H. The third kappa shape index (κ3) is 6.08. The molecule has 2 aromatic rings. The molecule has 0 saturated heterocycles. The number of hydrogen-bond acceptors (Lipinski definition) is 3. The van der Waals surface area contributed by atoms with Crippen molar-refractivity contribution < 1.29 is 4.74 Å². The topological polar surface area (TPSA) is 69.4 Å². The Morgan fingerprint density at radius 2 is 1.71 bits per heavy atom. The molecular formula is C18H21IN4O. The van der Waals surface area contributed by atoms with Gasteiger partial charge in [0.15, 0.2) is 5.96 Å². The summed E-state index contributed by atoms with van der Waals surface area (Å²) in [4.78, 5) is 4.20. The van der Waals surface area contributed by atoms with Crippen molar-refractivity contribution in [3.05, 3.63) is 65.2 Å². The van der Waals surface area contributed by atoms with Crippen LogP contribution in [0.25, 0.3) is 0 Å². The Hall–Kier alpha value is -2.27. The number of guanidine groups is 1. The molecule has 0 fully saturated rings. The fourth-order valence-electron chi connectivity index (χ4n) is 2.13. The van der Waals surface area contributed by atoms with Crippen LogP contribution < -0.4 is 15.4 Å². The van der Waals surface area contributed by atoms with E-state index in [1.165, 1.54) is 0 Å². The van der Waals surface area contributed by atoms with Crippen molar-refractivity contribution in [2.75, 3.05) is 14.2 Å². The fourth-order valence-corrected chi connectivity index (χ4v) is 2.13. The number of benzene rings is 2. The first-order chi connectivity index (χ1) is 11.2. The molecule has 5 nitrogen and oxygen atoms in total. The van der Waals surface area contributed by atoms with Crippen LogP contribution in [0.1, 0.15) is 16.7 Å². The quantitative estimate of drug-likeness (QED) is 0.430. The van der Waals surface area contributed by atoms with Crippen molar-refractivity contribution in [3.63, 3.8) is 0 Å². The highest BCUT2D eigenvalue weighted by atomic mass is 127. The largest absolute Gasteiger partial charge is 0.497 e. The number of nitrogens with zero attached hydrogens (tertiary/aromatic N) is 2. The average Bonchev–Trinajstić information content (AvgIpc) is 2.62. The van der Waals surface area contributed by atoms with Crippen molar-refractivity contribution in [3.8, 4) is 11.8 Å². The van der Waals surface area contributed by atoms with Crippen LogP contribution in [0.2, 0.25) is 0 Å². The summed E-state index contributed by atoms with van der Waals surface area (Å²) >= 11 is 0. The number of nitrogens with one attached hydrogen (secondary N) is 2. The van der Waals surface area contributed by atoms with Crippen LogP contribution in [0.3, 0.4) is 0 Å². The van der Waals surface area contributed by atoms with E-state index in [0.717, 1.165) is 16.9 Å². The molecule has 24 heavy (non-hydrogen) atoms. The number of hydrogen-bond donors (Lipinski definition) is 2. The van der Waals surface area contributed by atoms with Gasteiger partial charge in [-0.05, 0) is 35.4 Å². The average molecular weight is 436 g/mol. The van der Waals surface area contributed by atoms with Crippen molar-refractivity contribution in [2.45, 2.75) is 13.1 Å². The lowest BCUT2D eigenvalue weighted by Gasteiger charge is -2.12. The molecule has 2 N–H and O–H groups in total. The predicted octanol–water partition coefficient (Wildman–Crippen LogP) is 3.05. The van der Waals surface area contributed by atoms with E-state index in [9.17, 15) is 0 Å². The molecule has 0 radical (unpaired) electrons. The van der Waals surface area contributed by atoms with E-state index in [4.69, 9.17) is 10.00 Å². The van der Waals surface area contributed by atoms with Crippen LogP contribution in [0, 0.1) is 11.3 Å². The van der Waals surface area contributed by atoms with Crippen molar-refractivity contribution >= 4 is 29.9 Å². The molecule has 0 saturated carbocycles. The van der Waals surface area contributed by atoms with E-state index >= 15 is 0 Å². The number of aliphatic imine (C=N–C) groups is 1. The molecule has 0 bridgehead atoms. The molecule has 2 aromatic carbocycles. The van der Waals surface area contributed by atoms with Gasteiger partial charge in [0.2, 0.25) is 0 Å². The van der Waals surface area contributed by atoms with Gasteiger partial charge in [-0.2, -0.15) is 5.26 Å². The molecule has 6 heteroatoms. The Kier molecular flexibility index (Phi) is 8.65. The first kappa shape index (κ1) is 19.8. The van der Waals surface area contributed by atoms with Crippen molar-refractivity contribution in [2.24, 2.45) is 4.99 Å². The zero-order valence-corrected chi connectivity index (χ0v) is 16.1. The van der Waals surface area contributed by atoms with E-state index in [0.29, 0.717) is 24.6 Å². The summed E-state index contributed by atoms with van der Waals surface area (Å²) in [5.74, 6) is 1.54. The minimum atomic E-state index is 0. The molecule has 0 amide bonds. The zero-order chi connectivity index (χ0) is 16.5. The molecule has 0 unspecified atom stereocenters. The molecule has 2 rings (SSSR count). The van der Waals surface area contributed by atoms with Gasteiger partial charge in [0.1, 0.15) is 5.75 Å². The second-order valence-electron chi connectivity index (χ2n) is 4.94. The number of ether oxygens (including phenoxy) is 1. The third-order valence-corrected chi connectivity index (χ3v) is 3.33. The van der Waals surface area contributed by atoms with Gasteiger partial charge in [0, 0.05) is 20.1 Å². The Bertz CT molecular complexity index is 725. The van der Waals surface area contributed by atoms with Gasteiger partial charge in [-0.25, -0.2) is 0 Å². The summed E-state index contributed by atoms with van der Waals surface area (Å²) in [7, 11) is 3.38. The lowest BCUT2D eigenvalue weighted by atomic mass is 10.1. The van der Waals surface area contributed by atoms with Gasteiger partial charge in [-0.1, -0.05) is 24.3 Å². The second-order valence-corrected chi connectivity index (χ2v) is 4.94. The van der Waals surface area contributed by atoms with Crippen LogP contribution in [0.4, 0.5) is 0 Å². The van der Waals surface area contributed by atoms with Gasteiger partial charge in [-0.15, -0.1) is 24.0 Å². The van der Waals surface area contributed by atoms with Gasteiger partial charge < -0.3 is 15.4 Å². The molecule has 0 aliphatic heterocycles. The lowest BCUT2D eigenvalue weighted by molar-refractivity contribution is 0.414. The number of halogens is 1. The van der Waals surface area contributed by atoms with Crippen LogP contribution in [-0.2, 0) is 13.1 Å². The molecule has 0 aliphatic carbocycles. The summed E-state index contributed by atoms with van der Waals surface area (Å²) in [6.45, 7) is 1.25. The number of methoxy groups -OCH3 is 1. The molecular weight excluding hydrogens is 415 g/mol. The Morgan fingerprint density at radius 3 is 2.29 bits per heavy atom. The first-order valence-corrected chi connectivity index (χ1v) is 7.31. The normalized spacial score (nSPS) is 10.3. The van der Waals surface area contributed by atoms with E-state index in [2.05, 4.69) is 21.7 Å². The second kappa shape index (κ2) is 10.5. The van der Waals surface area contributed by atoms with Crippen molar-refractivity contribution in [1.29, 1.82) is 5.26 Å². The van der Waals surface area contributed by atoms with Gasteiger partial charge in [-0.3, -0.25) is 4.99 Å². The lowest BCUT2D eigenvalue weighted by Crippen LogP contribution is -2.36. The van der Waals surface area contributed by atoms with Gasteiger partial charge >= 0.3 is 0 Å². The minimum Gasteiger partial charge on any atom is -0.497 e. The molecule has 126 valence electrons. The van der Waals surface area contributed by atoms with E-state index in [-0.39, 0.29) is 24.0 Å². The molecule has 0 aliphatic rings. The first-order valence-electron chi connectivity index (χ1n) is 7.31. The van der Waals surface area contributed by atoms with Gasteiger partial charge in [0.05, 0.1) is 18.7 Å². The maximum Gasteiger partial charge on any atom is 0.191 e. The smallest absolute Gasteiger partial charge is 0.191 e. The highest BCUT2D eigenvalue weighted by Crippen LogP contribution is 2.12. The maximum absolute atomic E-state index is 8.92. The third-order valence-electron chi connectivity index (χ3n) is 3.33. The van der Waals surface area contributed by atoms with Crippen molar-refractivity contribution in [1.82, 2.24) is 10.6 Å². The SMILES string of the molecule is CN=C(NCc1cccc(C#N)c1)NCc1cccc(OC)c1.I. The van der Waals surface area contributed by atoms with Crippen LogP contribution in [-0.4, -0.2) is 20.1 Å². The summed E-state index contributed by atoms with van der Waals surface area (Å²) < 4.78 is 5.22. The highest BCUT2D eigenvalue weighted by molar-refractivity contribution is 14.0. The number of nitriles is 1. The minimum absolute atomic E-state index is 0. The van der Waals surface area contributed by atoms with E-state index < -0.39 is 0 Å². The van der Waals surface area contributed by atoms with Crippen LogP contribution >= 0.6 is 24.0 Å². The Morgan fingerprint density at radius 1 is 1.08 bits per heavy atom. The summed E-state index contributed by atoms with van der Waals surface area (Å²) in [6, 6.07) is 17.5. The number of rotatable bonds is 5.